The van der Waals surface area contributed by atoms with Crippen LogP contribution in [0.25, 0.3) is 44.5 Å². The maximum absolute atomic E-state index is 13.7. The molecule has 6 heterocycles. The van der Waals surface area contributed by atoms with Gasteiger partial charge in [-0.05, 0) is 42.0 Å². The number of aliphatic hydroxyl groups excluding tert-OH is 1. The second-order valence-corrected chi connectivity index (χ2v) is 20.0. The fourth-order valence-electron chi connectivity index (χ4n) is 9.91. The number of fused-ring (bicyclic) bond motifs is 4. The van der Waals surface area contributed by atoms with Gasteiger partial charge in [0.1, 0.15) is 18.7 Å². The Kier molecular flexibility index (Phi) is 16.4. The first-order valence-corrected chi connectivity index (χ1v) is 25.8. The van der Waals surface area contributed by atoms with Crippen LogP contribution in [0, 0.1) is 0 Å². The van der Waals surface area contributed by atoms with E-state index < -0.39 is 12.2 Å². The molecule has 75 heavy (non-hydrogen) atoms. The van der Waals surface area contributed by atoms with Crippen LogP contribution in [0.3, 0.4) is 0 Å². The van der Waals surface area contributed by atoms with Gasteiger partial charge in [0, 0.05) is 99.7 Å². The lowest BCUT2D eigenvalue weighted by Gasteiger charge is -2.38. The van der Waals surface area contributed by atoms with Crippen molar-refractivity contribution in [2.24, 2.45) is 7.05 Å². The van der Waals surface area contributed by atoms with E-state index in [1.54, 1.807) is 39.9 Å². The van der Waals surface area contributed by atoms with Crippen LogP contribution in [0.4, 0.5) is 0 Å². The zero-order valence-corrected chi connectivity index (χ0v) is 43.3. The van der Waals surface area contributed by atoms with Crippen molar-refractivity contribution in [3.05, 3.63) is 122 Å². The Balaban J connectivity index is 0.671. The third-order valence-electron chi connectivity index (χ3n) is 14.0. The molecule has 20 nitrogen and oxygen atoms in total. The summed E-state index contributed by atoms with van der Waals surface area (Å²) in [6.45, 7) is 4.60. The molecule has 4 amide bonds. The number of nitrogens with one attached hydrogen (secondary N) is 4. The van der Waals surface area contributed by atoms with Crippen molar-refractivity contribution in [1.29, 1.82) is 0 Å². The molecule has 1 fully saturated rings. The maximum Gasteiger partial charge on any atom is 0.281 e. The molecule has 0 radical (unpaired) electrons. The van der Waals surface area contributed by atoms with Crippen molar-refractivity contribution in [1.82, 2.24) is 59.8 Å². The lowest BCUT2D eigenvalue weighted by Crippen LogP contribution is -2.49. The number of aromatic amines is 1. The number of hydrogen-bond acceptors (Lipinski definition) is 12. The molecule has 0 saturated carbocycles. The van der Waals surface area contributed by atoms with Crippen LogP contribution in [-0.4, -0.2) is 142 Å². The van der Waals surface area contributed by atoms with Crippen molar-refractivity contribution in [2.75, 3.05) is 59.1 Å². The van der Waals surface area contributed by atoms with E-state index in [1.807, 2.05) is 61.5 Å². The molecule has 3 aromatic carbocycles. The Hall–Kier alpha value is -6.94. The Morgan fingerprint density at radius 2 is 1.64 bits per heavy atom. The van der Waals surface area contributed by atoms with Gasteiger partial charge < -0.3 is 45.7 Å². The molecule has 394 valence electrons. The zero-order valence-electron chi connectivity index (χ0n) is 41.8. The summed E-state index contributed by atoms with van der Waals surface area (Å²) in [5.41, 5.74) is 6.38. The monoisotopic (exact) mass is 1060 g/mol. The normalized spacial score (nSPS) is 14.8. The van der Waals surface area contributed by atoms with E-state index in [0.29, 0.717) is 96.4 Å². The number of piperidine rings is 1. The maximum atomic E-state index is 13.7. The number of aliphatic hydroxyl groups is 2. The highest BCUT2D eigenvalue weighted by molar-refractivity contribution is 6.45. The first-order chi connectivity index (χ1) is 36.2. The molecule has 2 aliphatic rings. The van der Waals surface area contributed by atoms with Crippen molar-refractivity contribution in [3.8, 4) is 22.5 Å². The van der Waals surface area contributed by atoms with E-state index in [0.717, 1.165) is 33.3 Å². The number of hydrogen-bond donors (Lipinski definition) is 6. The molecule has 0 unspecified atom stereocenters. The number of likely N-dealkylation sites (tertiary alicyclic amines) is 1. The minimum absolute atomic E-state index is 0.0408. The van der Waals surface area contributed by atoms with Crippen molar-refractivity contribution >= 4 is 68.8 Å². The van der Waals surface area contributed by atoms with Gasteiger partial charge in [-0.1, -0.05) is 84.7 Å². The van der Waals surface area contributed by atoms with E-state index in [1.165, 1.54) is 15.6 Å². The van der Waals surface area contributed by atoms with E-state index in [9.17, 15) is 34.2 Å². The predicted molar refractivity (Wildman–Crippen MR) is 283 cm³/mol. The molecule has 9 rings (SSSR count). The second kappa shape index (κ2) is 23.3. The third kappa shape index (κ3) is 12.1. The summed E-state index contributed by atoms with van der Waals surface area (Å²) in [5.74, 6) is -0.689. The van der Waals surface area contributed by atoms with Gasteiger partial charge in [-0.3, -0.25) is 37.9 Å². The molecule has 7 aromatic rings. The molecule has 0 aliphatic carbocycles. The highest BCUT2D eigenvalue weighted by Crippen LogP contribution is 2.42. The summed E-state index contributed by atoms with van der Waals surface area (Å²) in [6.07, 6.45) is 4.79. The number of H-pyrrole nitrogens is 1. The van der Waals surface area contributed by atoms with Crippen LogP contribution < -0.4 is 21.5 Å². The summed E-state index contributed by atoms with van der Waals surface area (Å²) in [5, 5.41) is 40.4. The smallest absolute Gasteiger partial charge is 0.281 e. The average Bonchev–Trinajstić information content (AvgIpc) is 4.15. The lowest BCUT2D eigenvalue weighted by molar-refractivity contribution is -0.136. The van der Waals surface area contributed by atoms with E-state index in [2.05, 4.69) is 36.1 Å². The number of benzene rings is 3. The molecule has 2 aliphatic heterocycles. The number of carbonyl (C=O) groups is 4. The Morgan fingerprint density at radius 3 is 2.37 bits per heavy atom. The second-order valence-electron chi connectivity index (χ2n) is 19.3. The fourth-order valence-corrected chi connectivity index (χ4v) is 10.3. The van der Waals surface area contributed by atoms with Gasteiger partial charge in [0.05, 0.1) is 65.2 Å². The standard InChI is InChI=1S/C53H60Cl2N12O8/c1-33(35-6-4-3-5-7-35)24-44(71)64-20-14-53(74,15-21-64)31-66-32-59-49-50(52(66)73)62-63(2)51(49)36-10-8-34(9-11-36)26-56-27-42(69)57-16-22-75-23-17-58-43(70)29-67-19-13-41(61-67)37-25-39(54)47(55)48-46(37)38-28-65(45(72)30-68)18-12-40(38)60-48/h3-11,13,19,25,32-33,56,60,68,74H,12,14-18,20-24,26-31H2,1-2H3,(H,57,69)(H,58,70)/t33-/m1/s1. The van der Waals surface area contributed by atoms with Gasteiger partial charge in [-0.15, -0.1) is 0 Å². The van der Waals surface area contributed by atoms with Crippen LogP contribution in [0.5, 0.6) is 0 Å². The highest BCUT2D eigenvalue weighted by atomic mass is 35.5. The summed E-state index contributed by atoms with van der Waals surface area (Å²) < 4.78 is 10.2. The molecular weight excluding hydrogens is 1000 g/mol. The molecule has 0 bridgehead atoms. The van der Waals surface area contributed by atoms with E-state index in [4.69, 9.17) is 27.9 Å². The Labute approximate surface area is 441 Å². The van der Waals surface area contributed by atoms with Crippen molar-refractivity contribution < 1.29 is 34.1 Å². The summed E-state index contributed by atoms with van der Waals surface area (Å²) in [4.78, 5) is 75.8. The molecule has 22 heteroatoms. The molecule has 0 spiro atoms. The minimum atomic E-state index is -1.17. The summed E-state index contributed by atoms with van der Waals surface area (Å²) in [7, 11) is 1.76. The van der Waals surface area contributed by atoms with Gasteiger partial charge in [0.15, 0.2) is 5.52 Å². The first-order valence-electron chi connectivity index (χ1n) is 25.0. The van der Waals surface area contributed by atoms with Crippen LogP contribution in [-0.2, 0) is 63.6 Å². The van der Waals surface area contributed by atoms with Crippen LogP contribution >= 0.6 is 23.2 Å². The number of nitrogens with zero attached hydrogens (tertiary/aromatic N) is 8. The molecule has 1 atom stereocenters. The van der Waals surface area contributed by atoms with Gasteiger partial charge in [-0.25, -0.2) is 4.98 Å². The number of carbonyl (C=O) groups excluding carboxylic acids is 4. The quantitative estimate of drug-likeness (QED) is 0.0596. The summed E-state index contributed by atoms with van der Waals surface area (Å²) in [6, 6.07) is 21.1. The zero-order chi connectivity index (χ0) is 52.8. The molecule has 6 N–H and O–H groups in total. The highest BCUT2D eigenvalue weighted by Gasteiger charge is 2.35. The average molecular weight is 1060 g/mol. The number of amides is 4. The summed E-state index contributed by atoms with van der Waals surface area (Å²) >= 11 is 13.1. The van der Waals surface area contributed by atoms with Crippen LogP contribution in [0.1, 0.15) is 54.5 Å². The number of aromatic nitrogens is 7. The number of ether oxygens (including phenoxy) is 1. The molecule has 4 aromatic heterocycles. The van der Waals surface area contributed by atoms with E-state index >= 15 is 0 Å². The first kappa shape index (κ1) is 52.9. The van der Waals surface area contributed by atoms with Gasteiger partial charge >= 0.3 is 0 Å². The van der Waals surface area contributed by atoms with Crippen molar-refractivity contribution in [2.45, 2.75) is 70.3 Å². The predicted octanol–water partition coefficient (Wildman–Crippen LogP) is 3.91. The van der Waals surface area contributed by atoms with Crippen LogP contribution in [0.15, 0.2) is 84.0 Å². The SMILES string of the molecule is C[C@H](CC(=O)N1CCC(O)(Cn2cnc3c(-c4ccc(CNCC(=O)NCCOCCNC(=O)Cn5ccc(-c6cc(Cl)c(Cl)c7[nH]c8c(c67)CN(C(=O)CO)CC8)n5)cc4)n(C)nc3c2=O)CC1)c1ccccc1. The molecular formula is C53H60Cl2N12O8. The Bertz CT molecular complexity index is 3270. The Morgan fingerprint density at radius 1 is 0.907 bits per heavy atom. The number of halogens is 2. The molecule has 1 saturated heterocycles. The van der Waals surface area contributed by atoms with Crippen molar-refractivity contribution in [3.63, 3.8) is 0 Å². The van der Waals surface area contributed by atoms with Gasteiger partial charge in [-0.2, -0.15) is 10.2 Å². The van der Waals surface area contributed by atoms with Crippen LogP contribution in [0.2, 0.25) is 10.0 Å². The third-order valence-corrected chi connectivity index (χ3v) is 14.8. The topological polar surface area (TPSA) is 247 Å². The van der Waals surface area contributed by atoms with E-state index in [-0.39, 0.29) is 86.6 Å². The van der Waals surface area contributed by atoms with Gasteiger partial charge in [0.2, 0.25) is 23.6 Å². The fraction of sp³-hybridized carbons (Fsp3) is 0.396. The minimum Gasteiger partial charge on any atom is -0.388 e. The number of rotatable bonds is 20. The lowest BCUT2D eigenvalue weighted by atomic mass is 9.90. The number of aryl methyl sites for hydroxylation is 1. The largest absolute Gasteiger partial charge is 0.388 e. The van der Waals surface area contributed by atoms with Gasteiger partial charge in [0.25, 0.3) is 5.56 Å².